The molecule has 8 nitrogen and oxygen atoms in total. The molecule has 0 atom stereocenters. The van der Waals surface area contributed by atoms with Crippen LogP contribution in [0.3, 0.4) is 0 Å². The smallest absolute Gasteiger partial charge is 0.262 e. The highest BCUT2D eigenvalue weighted by molar-refractivity contribution is 7.92. The van der Waals surface area contributed by atoms with Crippen molar-refractivity contribution in [2.24, 2.45) is 0 Å². The minimum Gasteiger partial charge on any atom is -0.490 e. The Morgan fingerprint density at radius 3 is 2.47 bits per heavy atom. The van der Waals surface area contributed by atoms with E-state index in [0.29, 0.717) is 41.7 Å². The lowest BCUT2D eigenvalue weighted by Crippen LogP contribution is -2.22. The fourth-order valence-corrected chi connectivity index (χ4v) is 3.97. The molecule has 1 aliphatic heterocycles. The van der Waals surface area contributed by atoms with Crippen LogP contribution < -0.4 is 19.5 Å². The molecular weight excluding hydrogens is 408 g/mol. The Morgan fingerprint density at radius 2 is 1.73 bits per heavy atom. The van der Waals surface area contributed by atoms with Gasteiger partial charge in [0.25, 0.3) is 15.9 Å². The molecule has 4 rings (SSSR count). The molecule has 0 fully saturated rings. The lowest BCUT2D eigenvalue weighted by atomic mass is 10.2. The number of rotatable bonds is 6. The summed E-state index contributed by atoms with van der Waals surface area (Å²) in [6.45, 7) is 1.26. The van der Waals surface area contributed by atoms with Crippen molar-refractivity contribution in [1.82, 2.24) is 5.32 Å². The second-order valence-electron chi connectivity index (χ2n) is 6.60. The van der Waals surface area contributed by atoms with Gasteiger partial charge in [-0.25, -0.2) is 8.42 Å². The van der Waals surface area contributed by atoms with Crippen LogP contribution in [-0.4, -0.2) is 27.5 Å². The third-order valence-electron chi connectivity index (χ3n) is 4.43. The Morgan fingerprint density at radius 1 is 0.967 bits per heavy atom. The second-order valence-corrected chi connectivity index (χ2v) is 8.29. The van der Waals surface area contributed by atoms with Crippen LogP contribution in [0.5, 0.6) is 11.5 Å². The average Bonchev–Trinajstić information content (AvgIpc) is 3.15. The van der Waals surface area contributed by atoms with Crippen molar-refractivity contribution < 1.29 is 27.1 Å². The molecule has 3 aromatic rings. The van der Waals surface area contributed by atoms with Gasteiger partial charge in [-0.05, 0) is 48.5 Å². The highest BCUT2D eigenvalue weighted by atomic mass is 32.2. The van der Waals surface area contributed by atoms with E-state index in [4.69, 9.17) is 13.9 Å². The number of hydrogen-bond donors (Lipinski definition) is 2. The van der Waals surface area contributed by atoms with E-state index in [9.17, 15) is 13.2 Å². The molecule has 2 heterocycles. The van der Waals surface area contributed by atoms with E-state index < -0.39 is 10.0 Å². The SMILES string of the molecule is O=C(NCc1ccco1)c1ccc(NS(=O)(=O)c2ccc3c(c2)OCCCO3)cc1. The molecule has 30 heavy (non-hydrogen) atoms. The number of furan rings is 1. The summed E-state index contributed by atoms with van der Waals surface area (Å²) in [6, 6.07) is 14.1. The molecule has 0 aliphatic carbocycles. The Bertz CT molecular complexity index is 1120. The van der Waals surface area contributed by atoms with Gasteiger partial charge in [0, 0.05) is 23.7 Å². The molecule has 0 spiro atoms. The molecule has 156 valence electrons. The van der Waals surface area contributed by atoms with Gasteiger partial charge in [-0.1, -0.05) is 0 Å². The van der Waals surface area contributed by atoms with E-state index in [2.05, 4.69) is 10.0 Å². The lowest BCUT2D eigenvalue weighted by molar-refractivity contribution is 0.0948. The number of ether oxygens (including phenoxy) is 2. The van der Waals surface area contributed by atoms with Gasteiger partial charge in [-0.3, -0.25) is 9.52 Å². The largest absolute Gasteiger partial charge is 0.490 e. The Labute approximate surface area is 173 Å². The predicted octanol–water partition coefficient (Wildman–Crippen LogP) is 3.17. The Hall–Kier alpha value is -3.46. The summed E-state index contributed by atoms with van der Waals surface area (Å²) in [5.41, 5.74) is 0.741. The summed E-state index contributed by atoms with van der Waals surface area (Å²) >= 11 is 0. The quantitative estimate of drug-likeness (QED) is 0.625. The number of carbonyl (C=O) groups excluding carboxylic acids is 1. The zero-order chi connectivity index (χ0) is 21.0. The molecule has 0 radical (unpaired) electrons. The molecule has 0 unspecified atom stereocenters. The van der Waals surface area contributed by atoms with E-state index in [1.807, 2.05) is 0 Å². The maximum absolute atomic E-state index is 12.7. The normalized spacial score (nSPS) is 13.3. The van der Waals surface area contributed by atoms with E-state index in [-0.39, 0.29) is 17.3 Å². The van der Waals surface area contributed by atoms with Crippen LogP contribution in [0.4, 0.5) is 5.69 Å². The molecule has 0 bridgehead atoms. The van der Waals surface area contributed by atoms with Gasteiger partial charge in [0.2, 0.25) is 0 Å². The van der Waals surface area contributed by atoms with E-state index in [0.717, 1.165) is 6.42 Å². The number of nitrogens with one attached hydrogen (secondary N) is 2. The summed E-state index contributed by atoms with van der Waals surface area (Å²) in [5, 5.41) is 2.73. The first kappa shape index (κ1) is 19.8. The standard InChI is InChI=1S/C21H20N2O6S/c24-21(22-14-17-3-1-10-27-17)15-4-6-16(7-5-15)23-30(25,26)18-8-9-19-20(13-18)29-12-2-11-28-19/h1,3-10,13,23H,2,11-12,14H2,(H,22,24). The Balaban J connectivity index is 1.43. The van der Waals surface area contributed by atoms with Crippen LogP contribution in [0.2, 0.25) is 0 Å². The van der Waals surface area contributed by atoms with Gasteiger partial charge < -0.3 is 19.2 Å². The molecular formula is C21H20N2O6S. The Kier molecular flexibility index (Phi) is 5.62. The second kappa shape index (κ2) is 8.50. The van der Waals surface area contributed by atoms with Crippen molar-refractivity contribution in [1.29, 1.82) is 0 Å². The molecule has 2 N–H and O–H groups in total. The predicted molar refractivity (Wildman–Crippen MR) is 109 cm³/mol. The summed E-state index contributed by atoms with van der Waals surface area (Å²) in [4.78, 5) is 12.3. The molecule has 0 saturated carbocycles. The van der Waals surface area contributed by atoms with Crippen LogP contribution in [-0.2, 0) is 16.6 Å². The van der Waals surface area contributed by atoms with Crippen LogP contribution >= 0.6 is 0 Å². The topological polar surface area (TPSA) is 107 Å². The number of anilines is 1. The third kappa shape index (κ3) is 4.57. The first-order chi connectivity index (χ1) is 14.5. The molecule has 9 heteroatoms. The van der Waals surface area contributed by atoms with Gasteiger partial charge in [0.15, 0.2) is 11.5 Å². The highest BCUT2D eigenvalue weighted by Crippen LogP contribution is 2.32. The number of hydrogen-bond acceptors (Lipinski definition) is 6. The fourth-order valence-electron chi connectivity index (χ4n) is 2.90. The number of benzene rings is 2. The van der Waals surface area contributed by atoms with Gasteiger partial charge in [-0.15, -0.1) is 0 Å². The van der Waals surface area contributed by atoms with Gasteiger partial charge in [0.1, 0.15) is 5.76 Å². The van der Waals surface area contributed by atoms with Crippen molar-refractivity contribution in [2.45, 2.75) is 17.9 Å². The lowest BCUT2D eigenvalue weighted by Gasteiger charge is -2.12. The minimum atomic E-state index is -3.83. The van der Waals surface area contributed by atoms with E-state index in [1.165, 1.54) is 30.5 Å². The van der Waals surface area contributed by atoms with Crippen LogP contribution in [0.1, 0.15) is 22.5 Å². The van der Waals surface area contributed by atoms with Crippen molar-refractivity contribution in [3.05, 3.63) is 72.2 Å². The average molecular weight is 428 g/mol. The molecule has 1 amide bonds. The summed E-state index contributed by atoms with van der Waals surface area (Å²) in [7, 11) is -3.83. The molecule has 1 aliphatic rings. The van der Waals surface area contributed by atoms with Crippen molar-refractivity contribution in [2.75, 3.05) is 17.9 Å². The monoisotopic (exact) mass is 428 g/mol. The number of sulfonamides is 1. The first-order valence-corrected chi connectivity index (χ1v) is 10.8. The third-order valence-corrected chi connectivity index (χ3v) is 5.81. The van der Waals surface area contributed by atoms with E-state index >= 15 is 0 Å². The maximum Gasteiger partial charge on any atom is 0.262 e. The number of amides is 1. The van der Waals surface area contributed by atoms with Crippen LogP contribution in [0, 0.1) is 0 Å². The van der Waals surface area contributed by atoms with Crippen molar-refractivity contribution >= 4 is 21.6 Å². The van der Waals surface area contributed by atoms with Crippen molar-refractivity contribution in [3.8, 4) is 11.5 Å². The van der Waals surface area contributed by atoms with Gasteiger partial charge in [0.05, 0.1) is 30.9 Å². The zero-order valence-corrected chi connectivity index (χ0v) is 16.8. The molecule has 1 aromatic heterocycles. The summed E-state index contributed by atoms with van der Waals surface area (Å²) < 4.78 is 44.2. The molecule has 2 aromatic carbocycles. The zero-order valence-electron chi connectivity index (χ0n) is 16.0. The number of fused-ring (bicyclic) bond motifs is 1. The van der Waals surface area contributed by atoms with E-state index in [1.54, 1.807) is 30.3 Å². The first-order valence-electron chi connectivity index (χ1n) is 9.34. The maximum atomic E-state index is 12.7. The summed E-state index contributed by atoms with van der Waals surface area (Å²) in [6.07, 6.45) is 2.27. The minimum absolute atomic E-state index is 0.0621. The van der Waals surface area contributed by atoms with Crippen molar-refractivity contribution in [3.63, 3.8) is 0 Å². The fraction of sp³-hybridized carbons (Fsp3) is 0.190. The summed E-state index contributed by atoms with van der Waals surface area (Å²) in [5.74, 6) is 1.28. The molecule has 0 saturated heterocycles. The van der Waals surface area contributed by atoms with Crippen LogP contribution in [0.25, 0.3) is 0 Å². The van der Waals surface area contributed by atoms with Gasteiger partial charge in [-0.2, -0.15) is 0 Å². The van der Waals surface area contributed by atoms with Gasteiger partial charge >= 0.3 is 0 Å². The van der Waals surface area contributed by atoms with Crippen LogP contribution in [0.15, 0.2) is 70.2 Å². The number of carbonyl (C=O) groups is 1. The highest BCUT2D eigenvalue weighted by Gasteiger charge is 2.19.